The van der Waals surface area contributed by atoms with Crippen LogP contribution in [0.3, 0.4) is 0 Å². The molecule has 1 N–H and O–H groups in total. The molecule has 6 nitrogen and oxygen atoms in total. The van der Waals surface area contributed by atoms with Crippen LogP contribution in [0.25, 0.3) is 0 Å². The van der Waals surface area contributed by atoms with Crippen LogP contribution in [0.5, 0.6) is 0 Å². The zero-order chi connectivity index (χ0) is 25.1. The number of hydrogen-bond acceptors (Lipinski definition) is 3. The first-order chi connectivity index (χ1) is 15.4. The Kier molecular flexibility index (Phi) is 11.2. The molecule has 0 aliphatic rings. The quantitative estimate of drug-likeness (QED) is 0.314. The van der Waals surface area contributed by atoms with E-state index in [4.69, 9.17) is 0 Å². The second-order valence-corrected chi connectivity index (χ2v) is 8.75. The smallest absolute Gasteiger partial charge is 0.387 e. The third kappa shape index (κ3) is 9.39. The molecule has 0 saturated heterocycles. The normalized spacial score (nSPS) is 12.3. The molecule has 0 saturated carbocycles. The number of aliphatic imine (C=N–C) groups is 1. The van der Waals surface area contributed by atoms with E-state index < -0.39 is 11.9 Å². The number of rotatable bonds is 6. The topological polar surface area (TPSA) is 84.6 Å². The van der Waals surface area contributed by atoms with E-state index >= 15 is 0 Å². The van der Waals surface area contributed by atoms with Gasteiger partial charge in [-0.15, -0.1) is 0 Å². The maximum atomic E-state index is 12.2. The number of ketones is 1. The Bertz CT molecular complexity index is 989. The lowest BCUT2D eigenvalue weighted by atomic mass is 9.96. The van der Waals surface area contributed by atoms with E-state index in [2.05, 4.69) is 49.6 Å². The van der Waals surface area contributed by atoms with Gasteiger partial charge in [0.15, 0.2) is 5.78 Å². The van der Waals surface area contributed by atoms with Gasteiger partial charge in [0.05, 0.1) is 24.8 Å². The molecule has 2 aromatic rings. The summed E-state index contributed by atoms with van der Waals surface area (Å²) >= 11 is 0. The highest BCUT2D eigenvalue weighted by atomic mass is 16.4. The molecule has 0 amide bonds. The maximum absolute atomic E-state index is 12.2. The molecular weight excluding hydrogens is 414 g/mol. The fourth-order valence-electron chi connectivity index (χ4n) is 2.77. The Balaban J connectivity index is 0.000000349. The van der Waals surface area contributed by atoms with Gasteiger partial charge in [-0.1, -0.05) is 60.4 Å². The molecule has 1 unspecified atom stereocenters. The number of benzene rings is 2. The number of carboxylic acid groups (broad SMARTS) is 1. The van der Waals surface area contributed by atoms with Crippen LogP contribution in [-0.2, 0) is 4.79 Å². The summed E-state index contributed by atoms with van der Waals surface area (Å²) in [5.41, 5.74) is 2.71. The van der Waals surface area contributed by atoms with Gasteiger partial charge in [0, 0.05) is 23.0 Å². The molecule has 0 aromatic heterocycles. The largest absolute Gasteiger partial charge is 0.550 e. The molecule has 0 radical (unpaired) electrons. The summed E-state index contributed by atoms with van der Waals surface area (Å²) < 4.78 is 2.15. The van der Waals surface area contributed by atoms with Gasteiger partial charge >= 0.3 is 5.96 Å². The molecule has 0 bridgehead atoms. The highest BCUT2D eigenvalue weighted by Gasteiger charge is 2.14. The average molecular weight is 452 g/mol. The lowest BCUT2D eigenvalue weighted by Crippen LogP contribution is -2.38. The molecule has 1 atom stereocenters. The maximum Gasteiger partial charge on any atom is 0.387 e. The Morgan fingerprint density at radius 3 is 1.97 bits per heavy atom. The first-order valence-electron chi connectivity index (χ1n) is 11.2. The van der Waals surface area contributed by atoms with Crippen LogP contribution in [0.15, 0.2) is 59.6 Å². The average Bonchev–Trinajstić information content (AvgIpc) is 2.77. The molecule has 0 spiro atoms. The second kappa shape index (κ2) is 13.3. The third-order valence-corrected chi connectivity index (χ3v) is 4.89. The van der Waals surface area contributed by atoms with Gasteiger partial charge in [0.1, 0.15) is 0 Å². The molecule has 33 heavy (non-hydrogen) atoms. The van der Waals surface area contributed by atoms with Crippen LogP contribution in [-0.4, -0.2) is 47.1 Å². The highest BCUT2D eigenvalue weighted by Crippen LogP contribution is 2.18. The molecule has 0 heterocycles. The number of nitrogens with zero attached hydrogens (tertiary/aromatic N) is 2. The Hall–Kier alpha value is -3.28. The van der Waals surface area contributed by atoms with Crippen molar-refractivity contribution < 1.29 is 19.3 Å². The number of carboxylic acids is 1. The second-order valence-electron chi connectivity index (χ2n) is 8.75. The van der Waals surface area contributed by atoms with E-state index in [1.54, 1.807) is 55.5 Å². The fourth-order valence-corrected chi connectivity index (χ4v) is 2.77. The van der Waals surface area contributed by atoms with E-state index in [0.717, 1.165) is 11.7 Å². The molecule has 2 rings (SSSR count). The number of aliphatic carboxylic acids is 1. The number of carbonyl (C=O) groups is 2. The molecule has 6 heteroatoms. The predicted molar refractivity (Wildman–Crippen MR) is 133 cm³/mol. The van der Waals surface area contributed by atoms with E-state index in [9.17, 15) is 14.7 Å². The number of hydrogen-bond donors (Lipinski definition) is 1. The third-order valence-electron chi connectivity index (χ3n) is 4.89. The minimum atomic E-state index is -1.15. The number of guanidine groups is 1. The summed E-state index contributed by atoms with van der Waals surface area (Å²) in [7, 11) is 2.06. The molecule has 0 aliphatic heterocycles. The Morgan fingerprint density at radius 1 is 0.909 bits per heavy atom. The number of carbonyl (C=O) groups excluding carboxylic acids is 2. The summed E-state index contributed by atoms with van der Waals surface area (Å²) in [6.45, 7) is 14.1. The molecule has 178 valence electrons. The van der Waals surface area contributed by atoms with Crippen molar-refractivity contribution in [1.29, 1.82) is 0 Å². The van der Waals surface area contributed by atoms with Crippen molar-refractivity contribution in [1.82, 2.24) is 5.32 Å². The number of nitrogens with one attached hydrogen (secondary N) is 1. The summed E-state index contributed by atoms with van der Waals surface area (Å²) in [5.74, 6) is -1.05. The van der Waals surface area contributed by atoms with E-state index in [0.29, 0.717) is 28.8 Å². The lowest BCUT2D eigenvalue weighted by molar-refractivity contribution is -0.532. The van der Waals surface area contributed by atoms with Gasteiger partial charge in [-0.3, -0.25) is 14.7 Å². The highest BCUT2D eigenvalue weighted by molar-refractivity contribution is 6.09. The van der Waals surface area contributed by atoms with Crippen LogP contribution in [0.4, 0.5) is 0 Å². The summed E-state index contributed by atoms with van der Waals surface area (Å²) in [5, 5.41) is 14.2. The SMILES string of the molecule is CC(C(=O)[O-])c1cccc(C(=O)c2ccccc2)c1.CC(C)=NC(NC(C)C)=[N+](C)C(C)C. The van der Waals surface area contributed by atoms with Gasteiger partial charge in [0.2, 0.25) is 0 Å². The Labute approximate surface area is 198 Å². The van der Waals surface area contributed by atoms with E-state index in [1.807, 2.05) is 19.9 Å². The molecule has 0 fully saturated rings. The van der Waals surface area contributed by atoms with Crippen LogP contribution in [0.1, 0.15) is 75.9 Å². The van der Waals surface area contributed by atoms with Gasteiger partial charge in [-0.05, 0) is 53.2 Å². The summed E-state index contributed by atoms with van der Waals surface area (Å²) in [6.07, 6.45) is 0. The van der Waals surface area contributed by atoms with Crippen molar-refractivity contribution in [2.75, 3.05) is 7.05 Å². The summed E-state index contributed by atoms with van der Waals surface area (Å²) in [6, 6.07) is 16.4. The standard InChI is InChI=1S/C16H14O3.C11H23N3/c1-11(16(18)19)13-8-5-9-14(10-13)15(17)12-6-3-2-4-7-12;1-8(2)12-11(13-9(3)4)14(7)10(5)6/h2-11H,1H3,(H,18,19);8,10H,1-7H3. The minimum Gasteiger partial charge on any atom is -0.550 e. The lowest BCUT2D eigenvalue weighted by Gasteiger charge is -2.13. The zero-order valence-electron chi connectivity index (χ0n) is 21.0. The molecular formula is C27H37N3O3. The van der Waals surface area contributed by atoms with Crippen LogP contribution in [0, 0.1) is 0 Å². The minimum absolute atomic E-state index is 0.118. The first-order valence-corrected chi connectivity index (χ1v) is 11.2. The van der Waals surface area contributed by atoms with Crippen molar-refractivity contribution in [3.63, 3.8) is 0 Å². The fraction of sp³-hybridized carbons (Fsp3) is 0.407. The summed E-state index contributed by atoms with van der Waals surface area (Å²) in [4.78, 5) is 27.6. The molecule has 0 aliphatic carbocycles. The van der Waals surface area contributed by atoms with Crippen molar-refractivity contribution in [2.45, 2.75) is 66.5 Å². The first kappa shape index (κ1) is 27.8. The van der Waals surface area contributed by atoms with E-state index in [1.165, 1.54) is 0 Å². The van der Waals surface area contributed by atoms with Gasteiger partial charge in [-0.25, -0.2) is 0 Å². The van der Waals surface area contributed by atoms with Crippen molar-refractivity contribution in [2.24, 2.45) is 4.99 Å². The van der Waals surface area contributed by atoms with Gasteiger partial charge in [0.25, 0.3) is 0 Å². The van der Waals surface area contributed by atoms with Crippen LogP contribution in [0.2, 0.25) is 0 Å². The van der Waals surface area contributed by atoms with Crippen LogP contribution >= 0.6 is 0 Å². The Morgan fingerprint density at radius 2 is 1.48 bits per heavy atom. The molecule has 2 aromatic carbocycles. The van der Waals surface area contributed by atoms with Gasteiger partial charge < -0.3 is 9.90 Å². The van der Waals surface area contributed by atoms with Crippen molar-refractivity contribution in [3.05, 3.63) is 71.3 Å². The van der Waals surface area contributed by atoms with Crippen molar-refractivity contribution in [3.8, 4) is 0 Å². The zero-order valence-corrected chi connectivity index (χ0v) is 21.0. The predicted octanol–water partition coefficient (Wildman–Crippen LogP) is 3.64. The monoisotopic (exact) mass is 451 g/mol. The van der Waals surface area contributed by atoms with Crippen molar-refractivity contribution >= 4 is 23.4 Å². The van der Waals surface area contributed by atoms with E-state index in [-0.39, 0.29) is 5.78 Å². The van der Waals surface area contributed by atoms with Gasteiger partial charge in [-0.2, -0.15) is 0 Å². The van der Waals surface area contributed by atoms with Crippen LogP contribution < -0.4 is 10.4 Å².